The molecule has 0 fully saturated rings. The van der Waals surface area contributed by atoms with Crippen molar-refractivity contribution in [3.8, 4) is 5.75 Å². The predicted octanol–water partition coefficient (Wildman–Crippen LogP) is 2.95. The maximum atomic E-state index is 12.4. The molecule has 2 N–H and O–H groups in total. The van der Waals surface area contributed by atoms with Gasteiger partial charge in [0.05, 0.1) is 18.4 Å². The minimum absolute atomic E-state index is 0.108. The lowest BCUT2D eigenvalue weighted by molar-refractivity contribution is 0.0694. The normalized spacial score (nSPS) is 15.8. The fourth-order valence-corrected chi connectivity index (χ4v) is 3.45. The van der Waals surface area contributed by atoms with Crippen LogP contribution >= 0.6 is 0 Å². The lowest BCUT2D eigenvalue weighted by Crippen LogP contribution is -2.30. The Balaban J connectivity index is 1.69. The number of aromatic carboxylic acids is 1. The minimum Gasteiger partial charge on any atom is -0.497 e. The van der Waals surface area contributed by atoms with Gasteiger partial charge in [-0.1, -0.05) is 6.07 Å². The number of aromatic nitrogens is 1. The number of hydrogen-bond donors (Lipinski definition) is 2. The second-order valence-electron chi connectivity index (χ2n) is 6.50. The first-order valence-corrected chi connectivity index (χ1v) is 8.65. The Bertz CT molecular complexity index is 848. The van der Waals surface area contributed by atoms with E-state index in [0.29, 0.717) is 12.2 Å². The Morgan fingerprint density at radius 2 is 2.12 bits per heavy atom. The molecule has 0 saturated carbocycles. The summed E-state index contributed by atoms with van der Waals surface area (Å²) in [4.78, 5) is 27.6. The molecule has 3 rings (SSSR count). The van der Waals surface area contributed by atoms with Crippen molar-refractivity contribution >= 4 is 11.9 Å². The molecule has 1 heterocycles. The smallest absolute Gasteiger partial charge is 0.337 e. The maximum Gasteiger partial charge on any atom is 0.337 e. The summed E-state index contributed by atoms with van der Waals surface area (Å²) in [6, 6.07) is 8.97. The summed E-state index contributed by atoms with van der Waals surface area (Å²) in [5.74, 6) is -0.221. The fraction of sp³-hybridized carbons (Fsp3) is 0.350. The van der Waals surface area contributed by atoms with Crippen LogP contribution in [0, 0.1) is 6.92 Å². The average molecular weight is 354 g/mol. The molecular formula is C20H22N2O4. The summed E-state index contributed by atoms with van der Waals surface area (Å²) in [5.41, 5.74) is 3.20. The number of amides is 1. The molecule has 136 valence electrons. The van der Waals surface area contributed by atoms with Crippen molar-refractivity contribution in [2.45, 2.75) is 32.1 Å². The number of carbonyl (C=O) groups excluding carboxylic acids is 1. The molecule has 1 amide bonds. The third kappa shape index (κ3) is 3.69. The number of rotatable bonds is 5. The van der Waals surface area contributed by atoms with Gasteiger partial charge in [-0.25, -0.2) is 9.78 Å². The van der Waals surface area contributed by atoms with E-state index in [1.165, 1.54) is 23.3 Å². The van der Waals surface area contributed by atoms with Crippen LogP contribution in [-0.4, -0.2) is 35.6 Å². The Morgan fingerprint density at radius 1 is 1.31 bits per heavy atom. The summed E-state index contributed by atoms with van der Waals surface area (Å²) in [5, 5.41) is 12.0. The molecule has 2 aromatic rings. The van der Waals surface area contributed by atoms with Crippen molar-refractivity contribution in [2.75, 3.05) is 13.7 Å². The Morgan fingerprint density at radius 3 is 2.81 bits per heavy atom. The second kappa shape index (κ2) is 7.56. The zero-order chi connectivity index (χ0) is 18.7. The summed E-state index contributed by atoms with van der Waals surface area (Å²) < 4.78 is 5.29. The van der Waals surface area contributed by atoms with E-state index in [9.17, 15) is 9.59 Å². The van der Waals surface area contributed by atoms with Crippen LogP contribution in [0.15, 0.2) is 30.3 Å². The van der Waals surface area contributed by atoms with Crippen LogP contribution in [0.3, 0.4) is 0 Å². The van der Waals surface area contributed by atoms with Crippen LogP contribution in [0.4, 0.5) is 0 Å². The molecule has 1 atom stereocenters. The third-order valence-electron chi connectivity index (χ3n) is 4.85. The SMILES string of the molecule is COc1ccc2c(c1)CCCC2CNC(=O)c1ccc(C(=O)O)c(C)n1. The van der Waals surface area contributed by atoms with Gasteiger partial charge in [0.2, 0.25) is 0 Å². The number of benzene rings is 1. The van der Waals surface area contributed by atoms with Crippen LogP contribution < -0.4 is 10.1 Å². The first-order valence-electron chi connectivity index (χ1n) is 8.65. The molecular weight excluding hydrogens is 332 g/mol. The topological polar surface area (TPSA) is 88.5 Å². The number of ether oxygens (including phenoxy) is 1. The largest absolute Gasteiger partial charge is 0.497 e. The van der Waals surface area contributed by atoms with Gasteiger partial charge in [-0.2, -0.15) is 0 Å². The van der Waals surface area contributed by atoms with Gasteiger partial charge in [0.15, 0.2) is 0 Å². The number of nitrogens with zero attached hydrogens (tertiary/aromatic N) is 1. The van der Waals surface area contributed by atoms with Gasteiger partial charge in [0.25, 0.3) is 5.91 Å². The van der Waals surface area contributed by atoms with Gasteiger partial charge in [0.1, 0.15) is 11.4 Å². The molecule has 1 unspecified atom stereocenters. The maximum absolute atomic E-state index is 12.4. The van der Waals surface area contributed by atoms with Crippen LogP contribution in [-0.2, 0) is 6.42 Å². The van der Waals surface area contributed by atoms with Crippen molar-refractivity contribution in [1.82, 2.24) is 10.3 Å². The highest BCUT2D eigenvalue weighted by molar-refractivity contribution is 5.94. The van der Waals surface area contributed by atoms with E-state index < -0.39 is 5.97 Å². The molecule has 1 aliphatic carbocycles. The van der Waals surface area contributed by atoms with Gasteiger partial charge < -0.3 is 15.2 Å². The molecule has 6 nitrogen and oxygen atoms in total. The van der Waals surface area contributed by atoms with Crippen molar-refractivity contribution in [1.29, 1.82) is 0 Å². The van der Waals surface area contributed by atoms with E-state index in [-0.39, 0.29) is 23.1 Å². The summed E-state index contributed by atoms with van der Waals surface area (Å²) in [6.45, 7) is 2.12. The van der Waals surface area contributed by atoms with Crippen molar-refractivity contribution < 1.29 is 19.4 Å². The molecule has 1 aromatic heterocycles. The Kier molecular flexibility index (Phi) is 5.21. The van der Waals surface area contributed by atoms with Gasteiger partial charge >= 0.3 is 5.97 Å². The number of pyridine rings is 1. The van der Waals surface area contributed by atoms with Crippen LogP contribution in [0.5, 0.6) is 5.75 Å². The molecule has 0 bridgehead atoms. The summed E-state index contributed by atoms with van der Waals surface area (Å²) in [6.07, 6.45) is 3.11. The number of carbonyl (C=O) groups is 2. The predicted molar refractivity (Wildman–Crippen MR) is 96.9 cm³/mol. The van der Waals surface area contributed by atoms with Gasteiger partial charge in [-0.15, -0.1) is 0 Å². The molecule has 0 aliphatic heterocycles. The summed E-state index contributed by atoms with van der Waals surface area (Å²) in [7, 11) is 1.66. The monoisotopic (exact) mass is 354 g/mol. The van der Waals surface area contributed by atoms with E-state index in [1.54, 1.807) is 14.0 Å². The molecule has 0 spiro atoms. The number of carboxylic acids is 1. The van der Waals surface area contributed by atoms with Crippen molar-refractivity contribution in [3.63, 3.8) is 0 Å². The minimum atomic E-state index is -1.05. The van der Waals surface area contributed by atoms with Gasteiger partial charge in [0, 0.05) is 12.5 Å². The second-order valence-corrected chi connectivity index (χ2v) is 6.50. The van der Waals surface area contributed by atoms with E-state index in [4.69, 9.17) is 9.84 Å². The van der Waals surface area contributed by atoms with Gasteiger partial charge in [-0.3, -0.25) is 4.79 Å². The number of carboxylic acid groups (broad SMARTS) is 1. The fourth-order valence-electron chi connectivity index (χ4n) is 3.45. The van der Waals surface area contributed by atoms with E-state index in [1.807, 2.05) is 6.07 Å². The van der Waals surface area contributed by atoms with E-state index >= 15 is 0 Å². The van der Waals surface area contributed by atoms with Gasteiger partial charge in [-0.05, 0) is 61.6 Å². The van der Waals surface area contributed by atoms with Crippen LogP contribution in [0.25, 0.3) is 0 Å². The van der Waals surface area contributed by atoms with E-state index in [0.717, 1.165) is 25.0 Å². The highest BCUT2D eigenvalue weighted by Crippen LogP contribution is 2.33. The zero-order valence-electron chi connectivity index (χ0n) is 14.9. The zero-order valence-corrected chi connectivity index (χ0v) is 14.9. The molecule has 26 heavy (non-hydrogen) atoms. The Labute approximate surface area is 152 Å². The van der Waals surface area contributed by atoms with Crippen molar-refractivity contribution in [3.05, 3.63) is 58.4 Å². The first-order chi connectivity index (χ1) is 12.5. The summed E-state index contributed by atoms with van der Waals surface area (Å²) >= 11 is 0. The molecule has 0 radical (unpaired) electrons. The van der Waals surface area contributed by atoms with Crippen LogP contribution in [0.2, 0.25) is 0 Å². The lowest BCUT2D eigenvalue weighted by atomic mass is 9.82. The molecule has 0 saturated heterocycles. The standard InChI is InChI=1S/C20H22N2O4/c1-12-16(20(24)25)8-9-18(22-12)19(23)21-11-14-5-3-4-13-10-15(26-2)6-7-17(13)14/h6-10,14H,3-5,11H2,1-2H3,(H,21,23)(H,24,25). The number of fused-ring (bicyclic) bond motifs is 1. The van der Waals surface area contributed by atoms with Crippen molar-refractivity contribution in [2.24, 2.45) is 0 Å². The number of hydrogen-bond acceptors (Lipinski definition) is 4. The Hall–Kier alpha value is -2.89. The third-order valence-corrected chi connectivity index (χ3v) is 4.85. The number of methoxy groups -OCH3 is 1. The average Bonchev–Trinajstić information content (AvgIpc) is 2.65. The first kappa shape index (κ1) is 17.9. The molecule has 6 heteroatoms. The highest BCUT2D eigenvalue weighted by Gasteiger charge is 2.22. The quantitative estimate of drug-likeness (QED) is 0.862. The molecule has 1 aliphatic rings. The molecule has 1 aromatic carbocycles. The lowest BCUT2D eigenvalue weighted by Gasteiger charge is -2.26. The number of aryl methyl sites for hydroxylation is 2. The van der Waals surface area contributed by atoms with Crippen LogP contribution in [0.1, 0.15) is 56.4 Å². The number of nitrogens with one attached hydrogen (secondary N) is 1. The van der Waals surface area contributed by atoms with E-state index in [2.05, 4.69) is 22.4 Å². The highest BCUT2D eigenvalue weighted by atomic mass is 16.5.